The van der Waals surface area contributed by atoms with Crippen LogP contribution in [0.5, 0.6) is 0 Å². The maximum atomic E-state index is 12.9. The number of hydrogen-bond donors (Lipinski definition) is 2. The number of benzene rings is 2. The van der Waals surface area contributed by atoms with Crippen LogP contribution in [0.3, 0.4) is 0 Å². The minimum Gasteiger partial charge on any atom is -0.370 e. The SMILES string of the molecule is NC(=O)c1ccc(N2CCCC2)c(NC(=O)/C=C/c2ccc(F)cc2)c1. The molecule has 6 heteroatoms. The Labute approximate surface area is 151 Å². The van der Waals surface area contributed by atoms with Gasteiger partial charge >= 0.3 is 0 Å². The van der Waals surface area contributed by atoms with E-state index in [0.717, 1.165) is 31.6 Å². The molecule has 1 saturated heterocycles. The fourth-order valence-corrected chi connectivity index (χ4v) is 2.94. The van der Waals surface area contributed by atoms with E-state index in [1.165, 1.54) is 18.2 Å². The highest BCUT2D eigenvalue weighted by atomic mass is 19.1. The van der Waals surface area contributed by atoms with Gasteiger partial charge in [-0.2, -0.15) is 0 Å². The lowest BCUT2D eigenvalue weighted by atomic mass is 10.1. The first-order valence-corrected chi connectivity index (χ1v) is 8.46. The van der Waals surface area contributed by atoms with Crippen LogP contribution in [0.1, 0.15) is 28.8 Å². The second-order valence-corrected chi connectivity index (χ2v) is 6.16. The topological polar surface area (TPSA) is 75.4 Å². The van der Waals surface area contributed by atoms with E-state index in [4.69, 9.17) is 5.73 Å². The van der Waals surface area contributed by atoms with Gasteiger partial charge in [0.05, 0.1) is 11.4 Å². The van der Waals surface area contributed by atoms with Gasteiger partial charge in [0.1, 0.15) is 5.82 Å². The van der Waals surface area contributed by atoms with E-state index in [-0.39, 0.29) is 11.7 Å². The zero-order chi connectivity index (χ0) is 18.5. The van der Waals surface area contributed by atoms with Gasteiger partial charge in [-0.1, -0.05) is 12.1 Å². The summed E-state index contributed by atoms with van der Waals surface area (Å²) in [5, 5.41) is 2.82. The van der Waals surface area contributed by atoms with Gasteiger partial charge < -0.3 is 16.0 Å². The summed E-state index contributed by atoms with van der Waals surface area (Å²) in [6.07, 6.45) is 5.16. The normalized spacial score (nSPS) is 14.0. The minimum atomic E-state index is -0.546. The summed E-state index contributed by atoms with van der Waals surface area (Å²) < 4.78 is 12.9. The quantitative estimate of drug-likeness (QED) is 0.811. The van der Waals surface area contributed by atoms with Crippen molar-refractivity contribution in [3.05, 3.63) is 65.5 Å². The number of carbonyl (C=O) groups is 2. The van der Waals surface area contributed by atoms with Gasteiger partial charge in [0.15, 0.2) is 0 Å². The Morgan fingerprint density at radius 2 is 1.77 bits per heavy atom. The first-order chi connectivity index (χ1) is 12.5. The first-order valence-electron chi connectivity index (χ1n) is 8.46. The van der Waals surface area contributed by atoms with Crippen LogP contribution in [-0.2, 0) is 4.79 Å². The standard InChI is InChI=1S/C20H20FN3O2/c21-16-7-3-14(4-8-16)5-10-19(25)23-17-13-15(20(22)26)6-9-18(17)24-11-1-2-12-24/h3-10,13H,1-2,11-12H2,(H2,22,26)(H,23,25)/b10-5+. The van der Waals surface area contributed by atoms with Crippen molar-refractivity contribution in [2.75, 3.05) is 23.3 Å². The maximum Gasteiger partial charge on any atom is 0.248 e. The third-order valence-corrected chi connectivity index (χ3v) is 4.28. The average molecular weight is 353 g/mol. The van der Waals surface area contributed by atoms with Gasteiger partial charge in [-0.15, -0.1) is 0 Å². The zero-order valence-electron chi connectivity index (χ0n) is 14.2. The Bertz CT molecular complexity index is 841. The molecule has 0 unspecified atom stereocenters. The summed E-state index contributed by atoms with van der Waals surface area (Å²) in [6.45, 7) is 1.81. The molecule has 3 rings (SSSR count). The Morgan fingerprint density at radius 3 is 2.42 bits per heavy atom. The van der Waals surface area contributed by atoms with Gasteiger partial charge in [-0.3, -0.25) is 9.59 Å². The number of anilines is 2. The predicted octanol–water partition coefficient (Wildman–Crippen LogP) is 3.18. The van der Waals surface area contributed by atoms with Crippen LogP contribution in [0.15, 0.2) is 48.5 Å². The van der Waals surface area contributed by atoms with Gasteiger partial charge in [-0.05, 0) is 54.8 Å². The molecule has 2 amide bonds. The first kappa shape index (κ1) is 17.7. The summed E-state index contributed by atoms with van der Waals surface area (Å²) in [6, 6.07) is 10.9. The van der Waals surface area contributed by atoms with Crippen molar-refractivity contribution in [2.24, 2.45) is 5.73 Å². The van der Waals surface area contributed by atoms with E-state index in [1.54, 1.807) is 30.3 Å². The molecule has 26 heavy (non-hydrogen) atoms. The molecular weight excluding hydrogens is 333 g/mol. The maximum absolute atomic E-state index is 12.9. The van der Waals surface area contributed by atoms with Crippen molar-refractivity contribution in [3.8, 4) is 0 Å². The zero-order valence-corrected chi connectivity index (χ0v) is 14.2. The Hall–Kier alpha value is -3.15. The molecule has 5 nitrogen and oxygen atoms in total. The number of hydrogen-bond acceptors (Lipinski definition) is 3. The number of nitrogens with two attached hydrogens (primary N) is 1. The van der Waals surface area contributed by atoms with Crippen molar-refractivity contribution >= 4 is 29.3 Å². The Morgan fingerprint density at radius 1 is 1.08 bits per heavy atom. The van der Waals surface area contributed by atoms with Crippen LogP contribution in [0, 0.1) is 5.82 Å². The molecule has 0 saturated carbocycles. The number of halogens is 1. The molecule has 1 heterocycles. The van der Waals surface area contributed by atoms with Crippen LogP contribution in [0.25, 0.3) is 6.08 Å². The van der Waals surface area contributed by atoms with Crippen molar-refractivity contribution in [1.82, 2.24) is 0 Å². The van der Waals surface area contributed by atoms with E-state index >= 15 is 0 Å². The van der Waals surface area contributed by atoms with Gasteiger partial charge in [0.25, 0.3) is 0 Å². The smallest absolute Gasteiger partial charge is 0.248 e. The number of rotatable bonds is 5. The molecule has 0 bridgehead atoms. The average Bonchev–Trinajstić information content (AvgIpc) is 3.15. The van der Waals surface area contributed by atoms with Crippen LogP contribution >= 0.6 is 0 Å². The largest absolute Gasteiger partial charge is 0.370 e. The molecule has 1 aliphatic rings. The molecule has 0 atom stereocenters. The predicted molar refractivity (Wildman–Crippen MR) is 100 cm³/mol. The van der Waals surface area contributed by atoms with E-state index < -0.39 is 5.91 Å². The minimum absolute atomic E-state index is 0.329. The summed E-state index contributed by atoms with van der Waals surface area (Å²) >= 11 is 0. The molecule has 1 aliphatic heterocycles. The molecule has 1 fully saturated rings. The van der Waals surface area contributed by atoms with Crippen molar-refractivity contribution in [3.63, 3.8) is 0 Å². The van der Waals surface area contributed by atoms with Crippen molar-refractivity contribution in [2.45, 2.75) is 12.8 Å². The third-order valence-electron chi connectivity index (χ3n) is 4.28. The van der Waals surface area contributed by atoms with Crippen molar-refractivity contribution in [1.29, 1.82) is 0 Å². The van der Waals surface area contributed by atoms with Gasteiger partial charge in [0.2, 0.25) is 11.8 Å². The molecule has 0 radical (unpaired) electrons. The van der Waals surface area contributed by atoms with E-state index in [9.17, 15) is 14.0 Å². The van der Waals surface area contributed by atoms with Crippen LogP contribution in [0.2, 0.25) is 0 Å². The molecule has 0 aliphatic carbocycles. The number of carbonyl (C=O) groups excluding carboxylic acids is 2. The molecular formula is C20H20FN3O2. The molecule has 134 valence electrons. The molecule has 3 N–H and O–H groups in total. The second-order valence-electron chi connectivity index (χ2n) is 6.16. The Kier molecular flexibility index (Phi) is 5.31. The van der Waals surface area contributed by atoms with E-state index in [1.807, 2.05) is 6.07 Å². The highest BCUT2D eigenvalue weighted by Crippen LogP contribution is 2.30. The Balaban J connectivity index is 1.79. The number of nitrogens with one attached hydrogen (secondary N) is 1. The molecule has 2 aromatic rings. The van der Waals surface area contributed by atoms with Crippen LogP contribution in [0.4, 0.5) is 15.8 Å². The fraction of sp³-hybridized carbons (Fsp3) is 0.200. The van der Waals surface area contributed by atoms with Gasteiger partial charge in [0, 0.05) is 24.7 Å². The summed E-state index contributed by atoms with van der Waals surface area (Å²) in [4.78, 5) is 25.9. The number of primary amides is 1. The third kappa shape index (κ3) is 4.27. The number of amides is 2. The molecule has 0 aromatic heterocycles. The molecule has 0 spiro atoms. The lowest BCUT2D eigenvalue weighted by Gasteiger charge is -2.21. The highest BCUT2D eigenvalue weighted by molar-refractivity contribution is 6.05. The highest BCUT2D eigenvalue weighted by Gasteiger charge is 2.17. The summed E-state index contributed by atoms with van der Waals surface area (Å²) in [5.41, 5.74) is 7.83. The molecule has 2 aromatic carbocycles. The van der Waals surface area contributed by atoms with Crippen molar-refractivity contribution < 1.29 is 14.0 Å². The lowest BCUT2D eigenvalue weighted by molar-refractivity contribution is -0.111. The van der Waals surface area contributed by atoms with E-state index in [0.29, 0.717) is 16.8 Å². The number of nitrogens with zero attached hydrogens (tertiary/aromatic N) is 1. The van der Waals surface area contributed by atoms with Crippen LogP contribution in [-0.4, -0.2) is 24.9 Å². The van der Waals surface area contributed by atoms with Gasteiger partial charge in [-0.25, -0.2) is 4.39 Å². The lowest BCUT2D eigenvalue weighted by Crippen LogP contribution is -2.21. The monoisotopic (exact) mass is 353 g/mol. The second kappa shape index (κ2) is 7.82. The summed E-state index contributed by atoms with van der Waals surface area (Å²) in [7, 11) is 0. The summed E-state index contributed by atoms with van der Waals surface area (Å²) in [5.74, 6) is -1.21. The van der Waals surface area contributed by atoms with Crippen LogP contribution < -0.4 is 16.0 Å². The fourth-order valence-electron chi connectivity index (χ4n) is 2.94. The van der Waals surface area contributed by atoms with E-state index in [2.05, 4.69) is 10.2 Å².